The third kappa shape index (κ3) is 3.20. The van der Waals surface area contributed by atoms with Gasteiger partial charge in [-0.05, 0) is 19.1 Å². The zero-order valence-electron chi connectivity index (χ0n) is 9.93. The highest BCUT2D eigenvalue weighted by molar-refractivity contribution is 5.98. The maximum Gasteiger partial charge on any atom is 0.120 e. The second-order valence-electron chi connectivity index (χ2n) is 4.14. The maximum atomic E-state index is 8.73. The second-order valence-corrected chi connectivity index (χ2v) is 4.14. The van der Waals surface area contributed by atoms with E-state index >= 15 is 0 Å². The zero-order valence-corrected chi connectivity index (χ0v) is 9.93. The highest BCUT2D eigenvalue weighted by atomic mass is 16.5. The molecule has 1 saturated heterocycles. The van der Waals surface area contributed by atoms with Crippen LogP contribution in [0, 0.1) is 0 Å². The van der Waals surface area contributed by atoms with Crippen LogP contribution in [-0.2, 0) is 4.74 Å². The fourth-order valence-electron chi connectivity index (χ4n) is 1.84. The van der Waals surface area contributed by atoms with Gasteiger partial charge < -0.3 is 14.7 Å². The van der Waals surface area contributed by atoms with Crippen LogP contribution in [0.3, 0.4) is 0 Å². The number of oxime groups is 1. The Morgan fingerprint density at radius 1 is 1.41 bits per heavy atom. The van der Waals surface area contributed by atoms with Crippen molar-refractivity contribution in [3.63, 3.8) is 0 Å². The number of ether oxygens (including phenoxy) is 2. The van der Waals surface area contributed by atoms with E-state index < -0.39 is 0 Å². The first-order chi connectivity index (χ1) is 8.29. The summed E-state index contributed by atoms with van der Waals surface area (Å²) in [6.07, 6.45) is 2.08. The molecule has 17 heavy (non-hydrogen) atoms. The van der Waals surface area contributed by atoms with Crippen LogP contribution in [-0.4, -0.2) is 30.2 Å². The summed E-state index contributed by atoms with van der Waals surface area (Å²) in [5.74, 6) is 0.817. The minimum absolute atomic E-state index is 0.227. The molecular weight excluding hydrogens is 218 g/mol. The SMILES string of the molecule is CC(=NO)c1cccc(OC2CCOCC2)c1. The molecule has 92 valence electrons. The number of nitrogens with zero attached hydrogens (tertiary/aromatic N) is 1. The molecule has 0 saturated carbocycles. The molecule has 0 spiro atoms. The lowest BCUT2D eigenvalue weighted by molar-refractivity contribution is 0.0256. The molecule has 1 aliphatic rings. The Morgan fingerprint density at radius 3 is 2.88 bits per heavy atom. The summed E-state index contributed by atoms with van der Waals surface area (Å²) in [4.78, 5) is 0. The van der Waals surface area contributed by atoms with Gasteiger partial charge in [-0.15, -0.1) is 0 Å². The molecule has 0 aromatic heterocycles. The van der Waals surface area contributed by atoms with Gasteiger partial charge in [-0.25, -0.2) is 0 Å². The topological polar surface area (TPSA) is 51.1 Å². The van der Waals surface area contributed by atoms with Gasteiger partial charge >= 0.3 is 0 Å². The molecule has 2 rings (SSSR count). The summed E-state index contributed by atoms with van der Waals surface area (Å²) in [5, 5.41) is 11.9. The van der Waals surface area contributed by atoms with Crippen molar-refractivity contribution in [3.05, 3.63) is 29.8 Å². The molecule has 1 heterocycles. The molecule has 4 nitrogen and oxygen atoms in total. The third-order valence-corrected chi connectivity index (χ3v) is 2.87. The van der Waals surface area contributed by atoms with Gasteiger partial charge in [0.15, 0.2) is 0 Å². The number of hydrogen-bond donors (Lipinski definition) is 1. The van der Waals surface area contributed by atoms with Gasteiger partial charge in [-0.1, -0.05) is 17.3 Å². The lowest BCUT2D eigenvalue weighted by Crippen LogP contribution is -2.25. The molecule has 0 aliphatic carbocycles. The van der Waals surface area contributed by atoms with Gasteiger partial charge in [-0.2, -0.15) is 0 Å². The molecule has 0 bridgehead atoms. The van der Waals surface area contributed by atoms with Gasteiger partial charge in [0.2, 0.25) is 0 Å². The molecule has 1 N–H and O–H groups in total. The molecule has 1 aliphatic heterocycles. The van der Waals surface area contributed by atoms with Gasteiger partial charge in [0.25, 0.3) is 0 Å². The van der Waals surface area contributed by atoms with Crippen molar-refractivity contribution in [1.29, 1.82) is 0 Å². The lowest BCUT2D eigenvalue weighted by atomic mass is 10.1. The Hall–Kier alpha value is -1.55. The summed E-state index contributed by atoms with van der Waals surface area (Å²) in [6.45, 7) is 3.29. The Labute approximate surface area is 101 Å². The van der Waals surface area contributed by atoms with Crippen LogP contribution in [0.15, 0.2) is 29.4 Å². The van der Waals surface area contributed by atoms with Crippen molar-refractivity contribution in [2.24, 2.45) is 5.16 Å². The monoisotopic (exact) mass is 235 g/mol. The van der Waals surface area contributed by atoms with E-state index in [1.807, 2.05) is 24.3 Å². The Balaban J connectivity index is 2.05. The van der Waals surface area contributed by atoms with Gasteiger partial charge in [0.05, 0.1) is 18.9 Å². The summed E-state index contributed by atoms with van der Waals surface area (Å²) < 4.78 is 11.2. The van der Waals surface area contributed by atoms with Crippen LogP contribution >= 0.6 is 0 Å². The van der Waals surface area contributed by atoms with Crippen LogP contribution < -0.4 is 4.74 Å². The van der Waals surface area contributed by atoms with Crippen molar-refractivity contribution >= 4 is 5.71 Å². The molecule has 0 unspecified atom stereocenters. The first-order valence-electron chi connectivity index (χ1n) is 5.83. The second kappa shape index (κ2) is 5.68. The minimum atomic E-state index is 0.227. The van der Waals surface area contributed by atoms with E-state index in [-0.39, 0.29) is 6.10 Å². The third-order valence-electron chi connectivity index (χ3n) is 2.87. The molecule has 4 heteroatoms. The Morgan fingerprint density at radius 2 is 2.18 bits per heavy atom. The van der Waals surface area contributed by atoms with Crippen molar-refractivity contribution in [1.82, 2.24) is 0 Å². The maximum absolute atomic E-state index is 8.73. The van der Waals surface area contributed by atoms with Gasteiger partial charge in [-0.3, -0.25) is 0 Å². The lowest BCUT2D eigenvalue weighted by Gasteiger charge is -2.23. The predicted molar refractivity (Wildman–Crippen MR) is 64.9 cm³/mol. The van der Waals surface area contributed by atoms with Gasteiger partial charge in [0.1, 0.15) is 11.9 Å². The van der Waals surface area contributed by atoms with Gasteiger partial charge in [0, 0.05) is 18.4 Å². The van der Waals surface area contributed by atoms with E-state index in [1.165, 1.54) is 0 Å². The molecular formula is C13H17NO3. The van der Waals surface area contributed by atoms with E-state index in [9.17, 15) is 0 Å². The van der Waals surface area contributed by atoms with Crippen LogP contribution in [0.1, 0.15) is 25.3 Å². The molecule has 0 amide bonds. The molecule has 1 aromatic carbocycles. The molecule has 1 aromatic rings. The highest BCUT2D eigenvalue weighted by Gasteiger charge is 2.15. The predicted octanol–water partition coefficient (Wildman–Crippen LogP) is 2.44. The average Bonchev–Trinajstić information content (AvgIpc) is 2.39. The Kier molecular flexibility index (Phi) is 3.98. The fourth-order valence-corrected chi connectivity index (χ4v) is 1.84. The van der Waals surface area contributed by atoms with E-state index in [1.54, 1.807) is 6.92 Å². The summed E-state index contributed by atoms with van der Waals surface area (Å²) in [7, 11) is 0. The standard InChI is InChI=1S/C13H17NO3/c1-10(14-15)11-3-2-4-13(9-11)17-12-5-7-16-8-6-12/h2-4,9,12,15H,5-8H2,1H3. The van der Waals surface area contributed by atoms with Crippen LogP contribution in [0.4, 0.5) is 0 Å². The highest BCUT2D eigenvalue weighted by Crippen LogP contribution is 2.19. The average molecular weight is 235 g/mol. The quantitative estimate of drug-likeness (QED) is 0.497. The number of rotatable bonds is 3. The van der Waals surface area contributed by atoms with E-state index in [2.05, 4.69) is 5.16 Å². The van der Waals surface area contributed by atoms with Crippen molar-refractivity contribution < 1.29 is 14.7 Å². The molecule has 0 radical (unpaired) electrons. The summed E-state index contributed by atoms with van der Waals surface area (Å²) in [6, 6.07) is 7.61. The van der Waals surface area contributed by atoms with Crippen LogP contribution in [0.25, 0.3) is 0 Å². The number of hydrogen-bond acceptors (Lipinski definition) is 4. The summed E-state index contributed by atoms with van der Waals surface area (Å²) >= 11 is 0. The largest absolute Gasteiger partial charge is 0.490 e. The number of benzene rings is 1. The zero-order chi connectivity index (χ0) is 12.1. The normalized spacial score (nSPS) is 18.1. The van der Waals surface area contributed by atoms with E-state index in [4.69, 9.17) is 14.7 Å². The van der Waals surface area contributed by atoms with E-state index in [0.717, 1.165) is 37.4 Å². The smallest absolute Gasteiger partial charge is 0.120 e. The van der Waals surface area contributed by atoms with Crippen molar-refractivity contribution in [2.45, 2.75) is 25.9 Å². The van der Waals surface area contributed by atoms with Crippen LogP contribution in [0.5, 0.6) is 5.75 Å². The molecule has 1 fully saturated rings. The fraction of sp³-hybridized carbons (Fsp3) is 0.462. The summed E-state index contributed by atoms with van der Waals surface area (Å²) in [5.41, 5.74) is 1.46. The van der Waals surface area contributed by atoms with Crippen LogP contribution in [0.2, 0.25) is 0 Å². The first-order valence-corrected chi connectivity index (χ1v) is 5.83. The minimum Gasteiger partial charge on any atom is -0.490 e. The Bertz CT molecular complexity index is 397. The van der Waals surface area contributed by atoms with Crippen molar-refractivity contribution in [2.75, 3.05) is 13.2 Å². The van der Waals surface area contributed by atoms with Crippen molar-refractivity contribution in [3.8, 4) is 5.75 Å². The molecule has 0 atom stereocenters. The van der Waals surface area contributed by atoms with E-state index in [0.29, 0.717) is 5.71 Å². The first kappa shape index (κ1) is 11.9.